The van der Waals surface area contributed by atoms with Gasteiger partial charge in [-0.25, -0.2) is 9.97 Å². The van der Waals surface area contributed by atoms with E-state index in [1.54, 1.807) is 41.9 Å². The monoisotopic (exact) mass is 1660 g/mol. The van der Waals surface area contributed by atoms with E-state index in [9.17, 15) is 10.2 Å². The zero-order valence-corrected chi connectivity index (χ0v) is 77.0. The van der Waals surface area contributed by atoms with Crippen molar-refractivity contribution in [1.29, 1.82) is 0 Å². The molecule has 8 heterocycles. The van der Waals surface area contributed by atoms with Gasteiger partial charge in [0.15, 0.2) is 0 Å². The first-order valence-electron chi connectivity index (χ1n) is 43.4. The largest absolute Gasteiger partial charge is 0.491 e. The van der Waals surface area contributed by atoms with Crippen LogP contribution in [0.2, 0.25) is 0 Å². The number of ether oxygens (including phenoxy) is 4. The van der Waals surface area contributed by atoms with Gasteiger partial charge in [-0.1, -0.05) is 208 Å². The summed E-state index contributed by atoms with van der Waals surface area (Å²) in [6.07, 6.45) is 0. The van der Waals surface area contributed by atoms with Gasteiger partial charge in [0.2, 0.25) is 0 Å². The number of pyridine rings is 2. The van der Waals surface area contributed by atoms with Crippen LogP contribution in [-0.2, 0) is 42.0 Å². The third kappa shape index (κ3) is 16.6. The molecule has 14 heteroatoms. The minimum Gasteiger partial charge on any atom is -0.491 e. The molecule has 14 nitrogen and oxygen atoms in total. The molecule has 0 aliphatic heterocycles. The quantitative estimate of drug-likeness (QED) is 0.0543. The van der Waals surface area contributed by atoms with E-state index in [0.29, 0.717) is 60.7 Å². The fraction of sp³-hybridized carbons (Fsp3) is 0.321. The number of nitrogens with zero attached hydrogens (tertiary/aromatic N) is 2. The van der Waals surface area contributed by atoms with Crippen LogP contribution >= 0.6 is 0 Å². The molecule has 634 valence electrons. The summed E-state index contributed by atoms with van der Waals surface area (Å²) in [5, 5.41) is 34.3. The highest BCUT2D eigenvalue weighted by Gasteiger charge is 2.29. The molecule has 0 aliphatic carbocycles. The minimum absolute atomic E-state index is 0.148. The summed E-state index contributed by atoms with van der Waals surface area (Å²) in [6.45, 7) is 48.3. The average molecular weight is 1660 g/mol. The van der Waals surface area contributed by atoms with Crippen molar-refractivity contribution in [3.05, 3.63) is 223 Å². The summed E-state index contributed by atoms with van der Waals surface area (Å²) in [4.78, 5) is 33.6. The first-order valence-corrected chi connectivity index (χ1v) is 43.4. The van der Waals surface area contributed by atoms with E-state index in [-0.39, 0.29) is 32.5 Å². The smallest absolute Gasteiger partial charge is 0.125 e. The fourth-order valence-electron chi connectivity index (χ4n) is 16.7. The number of methoxy groups -OCH3 is 2. The molecule has 0 radical (unpaired) electrons. The fourth-order valence-corrected chi connectivity index (χ4v) is 16.7. The number of aromatic amines is 6. The van der Waals surface area contributed by atoms with Gasteiger partial charge in [-0.2, -0.15) is 0 Å². The van der Waals surface area contributed by atoms with Crippen LogP contribution in [0.25, 0.3) is 131 Å². The topological polar surface area (TPSA) is 198 Å². The molecule has 0 aliphatic rings. The first kappa shape index (κ1) is 85.1. The van der Waals surface area contributed by atoms with Crippen LogP contribution in [0.15, 0.2) is 133 Å². The summed E-state index contributed by atoms with van der Waals surface area (Å²) in [5.74, 6) is 42.5. The standard InChI is InChI=1S/C112H110N8O6/c1-105(2,3)69-47-63(25-29-75-59-79(125-45-43-123-23)61-77(113-75)31-27-65-49-71(107(7,8)9)55-89-83-35-37-85-91-57-73(109(13,14)15)51-67(39-41-111(19,20)121)97(91)119-103(85)101(83)117-95(65)89)93-87(53-69)81-33-34-82-88-54-70(106(4,5)6)48-64(94(88)116-100(82)99(81)115-93)26-30-76-60-80(126-46-44-124-24)62-78(114-76)32-28-66-50-72(108(10,11)12)56-90-84-36-38-86-92-58-74(110(16,17)18)52-68(40-42-112(21,22)122)98(92)120-104(86)102(84)118-96(66)90/h33-38,47-62,115-122H,43-46H2,1-24H3. The van der Waals surface area contributed by atoms with E-state index in [1.165, 1.54) is 0 Å². The van der Waals surface area contributed by atoms with Crippen molar-refractivity contribution < 1.29 is 29.2 Å². The van der Waals surface area contributed by atoms with Crippen molar-refractivity contribution in [3.8, 4) is 82.5 Å². The number of benzene rings is 9. The van der Waals surface area contributed by atoms with Gasteiger partial charge in [-0.15, -0.1) is 0 Å². The highest BCUT2D eigenvalue weighted by Crippen LogP contribution is 2.45. The number of nitrogens with one attached hydrogen (secondary N) is 6. The second-order valence-electron chi connectivity index (χ2n) is 41.1. The summed E-state index contributed by atoms with van der Waals surface area (Å²) in [5.41, 5.74) is 21.5. The van der Waals surface area contributed by atoms with E-state index < -0.39 is 11.2 Å². The summed E-state index contributed by atoms with van der Waals surface area (Å²) >= 11 is 0. The SMILES string of the molecule is COCCOc1cc(C#Cc2cc(C(C)(C)C)cc3c2[nH]c2c3ccc3c4cc(C(C)(C)C)cc(C#Cc5cc(OCCOC)cc(C#Cc6cc(C(C)(C)C)cc7c6[nH]c6c7ccc7c8cc(C(C)(C)C)cc(C#CC(C)(C)O)c8[nH]c76)n5)c4[nH]c32)nc(C#Cc2cc(C(C)(C)C)cc3c2[nH]c2c3ccc3c4cc(C(C)(C)C)cc(C#CC(C)(C)O)c4[nH]c32)c1. The number of fused-ring (bicyclic) bond motifs is 21. The van der Waals surface area contributed by atoms with Gasteiger partial charge in [0.05, 0.1) is 79.4 Å². The number of hydrogen-bond acceptors (Lipinski definition) is 8. The molecule has 17 aromatic rings. The third-order valence-corrected chi connectivity index (χ3v) is 23.9. The number of hydrogen-bond donors (Lipinski definition) is 8. The lowest BCUT2D eigenvalue weighted by Crippen LogP contribution is -2.14. The minimum atomic E-state index is -1.17. The first-order chi connectivity index (χ1) is 59.3. The van der Waals surface area contributed by atoms with Gasteiger partial charge >= 0.3 is 0 Å². The van der Waals surface area contributed by atoms with Gasteiger partial charge < -0.3 is 59.1 Å². The molecule has 9 aromatic carbocycles. The molecule has 0 amide bonds. The van der Waals surface area contributed by atoms with Crippen LogP contribution in [0.1, 0.15) is 242 Å². The zero-order valence-electron chi connectivity index (χ0n) is 77.0. The highest BCUT2D eigenvalue weighted by molar-refractivity contribution is 6.26. The highest BCUT2D eigenvalue weighted by atomic mass is 16.5. The predicted octanol–water partition coefficient (Wildman–Crippen LogP) is 24.0. The van der Waals surface area contributed by atoms with E-state index in [4.69, 9.17) is 28.9 Å². The van der Waals surface area contributed by atoms with Crippen LogP contribution in [0.4, 0.5) is 0 Å². The Balaban J connectivity index is 0.759. The lowest BCUT2D eigenvalue weighted by Gasteiger charge is -2.20. The van der Waals surface area contributed by atoms with Crippen molar-refractivity contribution in [2.24, 2.45) is 0 Å². The molecular weight excluding hydrogens is 1550 g/mol. The van der Waals surface area contributed by atoms with Crippen LogP contribution in [0, 0.1) is 71.0 Å². The molecule has 0 spiro atoms. The number of rotatable bonds is 8. The number of H-pyrrole nitrogens is 6. The Kier molecular flexibility index (Phi) is 20.9. The van der Waals surface area contributed by atoms with Crippen molar-refractivity contribution in [1.82, 2.24) is 39.9 Å². The molecule has 0 saturated heterocycles. The van der Waals surface area contributed by atoms with Crippen LogP contribution in [0.3, 0.4) is 0 Å². The van der Waals surface area contributed by atoms with Crippen LogP contribution in [-0.4, -0.2) is 102 Å². The van der Waals surface area contributed by atoms with E-state index >= 15 is 0 Å². The summed E-state index contributed by atoms with van der Waals surface area (Å²) < 4.78 is 23.7. The maximum atomic E-state index is 10.8. The van der Waals surface area contributed by atoms with Crippen LogP contribution in [0.5, 0.6) is 11.5 Å². The lowest BCUT2D eigenvalue weighted by atomic mass is 9.85. The Labute approximate surface area is 737 Å². The number of aliphatic hydroxyl groups is 2. The molecule has 126 heavy (non-hydrogen) atoms. The molecule has 0 unspecified atom stereocenters. The van der Waals surface area contributed by atoms with Gasteiger partial charge in [0.1, 0.15) is 58.7 Å². The Bertz CT molecular complexity index is 7400. The predicted molar refractivity (Wildman–Crippen MR) is 521 cm³/mol. The van der Waals surface area contributed by atoms with E-state index in [0.717, 1.165) is 198 Å². The molecule has 0 saturated carbocycles. The Morgan fingerprint density at radius 1 is 0.238 bits per heavy atom. The van der Waals surface area contributed by atoms with Gasteiger partial charge in [0, 0.05) is 137 Å². The Morgan fingerprint density at radius 3 is 0.603 bits per heavy atom. The lowest BCUT2D eigenvalue weighted by molar-refractivity contribution is 0.143. The van der Waals surface area contributed by atoms with Crippen molar-refractivity contribution >= 4 is 131 Å². The third-order valence-electron chi connectivity index (χ3n) is 23.9. The van der Waals surface area contributed by atoms with Gasteiger partial charge in [0.25, 0.3) is 0 Å². The van der Waals surface area contributed by atoms with Gasteiger partial charge in [-0.05, 0) is 190 Å². The second kappa shape index (κ2) is 30.9. The van der Waals surface area contributed by atoms with E-state index in [2.05, 4.69) is 335 Å². The normalized spacial score (nSPS) is 12.7. The molecule has 0 fully saturated rings. The molecule has 17 rings (SSSR count). The maximum Gasteiger partial charge on any atom is 0.125 e. The molecule has 8 aromatic heterocycles. The van der Waals surface area contributed by atoms with Crippen molar-refractivity contribution in [3.63, 3.8) is 0 Å². The number of aromatic nitrogens is 8. The van der Waals surface area contributed by atoms with E-state index in [1.807, 2.05) is 24.3 Å². The second-order valence-corrected chi connectivity index (χ2v) is 41.1. The Hall–Kier alpha value is -13.1. The molecule has 0 atom stereocenters. The van der Waals surface area contributed by atoms with Crippen LogP contribution < -0.4 is 9.47 Å². The average Bonchev–Trinajstić information content (AvgIpc) is 1.57. The van der Waals surface area contributed by atoms with Crippen molar-refractivity contribution in [2.75, 3.05) is 40.6 Å². The molecule has 8 N–H and O–H groups in total. The molecule has 0 bridgehead atoms. The maximum absolute atomic E-state index is 10.8. The Morgan fingerprint density at radius 2 is 0.429 bits per heavy atom. The van der Waals surface area contributed by atoms with Gasteiger partial charge in [-0.3, -0.25) is 0 Å². The van der Waals surface area contributed by atoms with Crippen molar-refractivity contribution in [2.45, 2.75) is 196 Å². The summed E-state index contributed by atoms with van der Waals surface area (Å²) in [6, 6.07) is 47.7. The summed E-state index contributed by atoms with van der Waals surface area (Å²) in [7, 11) is 3.32. The zero-order chi connectivity index (χ0) is 89.6. The molecular formula is C112H110N8O6.